The molecule has 0 fully saturated rings. The number of hydrogen-bond acceptors (Lipinski definition) is 6. The van der Waals surface area contributed by atoms with E-state index in [2.05, 4.69) is 15.5 Å². The number of ether oxygens (including phenoxy) is 2. The average Bonchev–Trinajstić information content (AvgIpc) is 3.17. The van der Waals surface area contributed by atoms with Crippen molar-refractivity contribution in [1.82, 2.24) is 15.5 Å². The Kier molecular flexibility index (Phi) is 5.71. The zero-order valence-corrected chi connectivity index (χ0v) is 15.5. The smallest absolute Gasteiger partial charge is 0.251 e. The number of carbonyl (C=O) groups is 1. The van der Waals surface area contributed by atoms with E-state index in [4.69, 9.17) is 14.0 Å². The molecule has 0 atom stereocenters. The van der Waals surface area contributed by atoms with Gasteiger partial charge in [-0.25, -0.2) is 0 Å². The van der Waals surface area contributed by atoms with Gasteiger partial charge in [-0.1, -0.05) is 17.3 Å². The average molecular weight is 367 g/mol. The second kappa shape index (κ2) is 8.35. The van der Waals surface area contributed by atoms with Crippen molar-refractivity contribution >= 4 is 5.91 Å². The second-order valence-corrected chi connectivity index (χ2v) is 5.84. The summed E-state index contributed by atoms with van der Waals surface area (Å²) < 4.78 is 15.9. The minimum absolute atomic E-state index is 0.141. The van der Waals surface area contributed by atoms with Gasteiger partial charge in [0.05, 0.1) is 20.3 Å². The topological polar surface area (TPSA) is 86.5 Å². The summed E-state index contributed by atoms with van der Waals surface area (Å²) in [5.74, 6) is 2.02. The van der Waals surface area contributed by atoms with Crippen LogP contribution in [0.4, 0.5) is 0 Å². The third-order valence-corrected chi connectivity index (χ3v) is 3.93. The predicted octanol–water partition coefficient (Wildman–Crippen LogP) is 3.38. The lowest BCUT2D eigenvalue weighted by Crippen LogP contribution is -2.23. The Labute approximate surface area is 157 Å². The Morgan fingerprint density at radius 2 is 2.07 bits per heavy atom. The lowest BCUT2D eigenvalue weighted by molar-refractivity contribution is 0.0946. The molecule has 0 radical (unpaired) electrons. The van der Waals surface area contributed by atoms with Gasteiger partial charge in [0, 0.05) is 11.1 Å². The number of aromatic nitrogens is 2. The molecule has 7 nitrogen and oxygen atoms in total. The number of carbonyl (C=O) groups excluding carboxylic acids is 1. The van der Waals surface area contributed by atoms with Crippen molar-refractivity contribution in [2.24, 2.45) is 0 Å². The lowest BCUT2D eigenvalue weighted by atomic mass is 10.1. The Bertz CT molecular complexity index is 936. The van der Waals surface area contributed by atoms with Crippen molar-refractivity contribution in [2.75, 3.05) is 13.7 Å². The number of aryl methyl sites for hydroxylation is 1. The third kappa shape index (κ3) is 4.44. The molecule has 1 amide bonds. The van der Waals surface area contributed by atoms with Crippen molar-refractivity contribution in [3.05, 3.63) is 59.5 Å². The first kappa shape index (κ1) is 18.4. The van der Waals surface area contributed by atoms with Crippen LogP contribution in [0.25, 0.3) is 11.4 Å². The van der Waals surface area contributed by atoms with Crippen molar-refractivity contribution in [2.45, 2.75) is 20.4 Å². The van der Waals surface area contributed by atoms with Crippen LogP contribution in [0.15, 0.2) is 47.0 Å². The van der Waals surface area contributed by atoms with Gasteiger partial charge in [0.15, 0.2) is 0 Å². The van der Waals surface area contributed by atoms with Crippen molar-refractivity contribution in [3.63, 3.8) is 0 Å². The van der Waals surface area contributed by atoms with Crippen LogP contribution in [0.1, 0.15) is 28.7 Å². The van der Waals surface area contributed by atoms with Gasteiger partial charge in [0.1, 0.15) is 11.5 Å². The van der Waals surface area contributed by atoms with Crippen LogP contribution in [0.3, 0.4) is 0 Å². The Morgan fingerprint density at radius 3 is 2.81 bits per heavy atom. The first-order valence-corrected chi connectivity index (χ1v) is 8.59. The third-order valence-electron chi connectivity index (χ3n) is 3.93. The van der Waals surface area contributed by atoms with E-state index in [9.17, 15) is 4.79 Å². The first-order chi connectivity index (χ1) is 13.1. The molecule has 1 heterocycles. The zero-order valence-electron chi connectivity index (χ0n) is 15.5. The molecule has 0 aliphatic rings. The molecule has 3 aromatic rings. The summed E-state index contributed by atoms with van der Waals surface area (Å²) in [4.78, 5) is 16.7. The fourth-order valence-corrected chi connectivity index (χ4v) is 2.57. The van der Waals surface area contributed by atoms with E-state index < -0.39 is 0 Å². The second-order valence-electron chi connectivity index (χ2n) is 5.84. The molecule has 0 saturated heterocycles. The molecule has 0 bridgehead atoms. The minimum atomic E-state index is -0.220. The van der Waals surface area contributed by atoms with E-state index in [1.807, 2.05) is 38.1 Å². The molecule has 1 N–H and O–H groups in total. The maximum atomic E-state index is 12.3. The van der Waals surface area contributed by atoms with E-state index in [1.54, 1.807) is 25.3 Å². The summed E-state index contributed by atoms with van der Waals surface area (Å²) in [5.41, 5.74) is 2.23. The molecule has 0 aliphatic carbocycles. The van der Waals surface area contributed by atoms with Crippen LogP contribution in [0.2, 0.25) is 0 Å². The maximum Gasteiger partial charge on any atom is 0.251 e. The van der Waals surface area contributed by atoms with Crippen LogP contribution in [-0.2, 0) is 6.54 Å². The molecule has 140 valence electrons. The van der Waals surface area contributed by atoms with Crippen LogP contribution < -0.4 is 14.8 Å². The van der Waals surface area contributed by atoms with Gasteiger partial charge in [0.25, 0.3) is 5.91 Å². The molecule has 0 saturated carbocycles. The summed E-state index contributed by atoms with van der Waals surface area (Å²) in [7, 11) is 1.60. The van der Waals surface area contributed by atoms with E-state index in [-0.39, 0.29) is 12.5 Å². The van der Waals surface area contributed by atoms with Crippen LogP contribution >= 0.6 is 0 Å². The molecule has 1 aromatic heterocycles. The van der Waals surface area contributed by atoms with Crippen LogP contribution in [-0.4, -0.2) is 29.8 Å². The van der Waals surface area contributed by atoms with Crippen LogP contribution in [0, 0.1) is 6.92 Å². The van der Waals surface area contributed by atoms with Gasteiger partial charge in [0.2, 0.25) is 11.7 Å². The van der Waals surface area contributed by atoms with Crippen molar-refractivity contribution < 1.29 is 18.8 Å². The highest BCUT2D eigenvalue weighted by atomic mass is 16.5. The Morgan fingerprint density at radius 1 is 1.22 bits per heavy atom. The van der Waals surface area contributed by atoms with Gasteiger partial charge in [-0.05, 0) is 49.7 Å². The quantitative estimate of drug-likeness (QED) is 0.689. The molecular formula is C20H21N3O4. The number of hydrogen-bond donors (Lipinski definition) is 1. The van der Waals surface area contributed by atoms with Crippen LogP contribution in [0.5, 0.6) is 11.5 Å². The van der Waals surface area contributed by atoms with E-state index in [0.29, 0.717) is 29.6 Å². The zero-order chi connectivity index (χ0) is 19.2. The van der Waals surface area contributed by atoms with E-state index >= 15 is 0 Å². The van der Waals surface area contributed by atoms with Gasteiger partial charge < -0.3 is 19.3 Å². The monoisotopic (exact) mass is 367 g/mol. The summed E-state index contributed by atoms with van der Waals surface area (Å²) >= 11 is 0. The Balaban J connectivity index is 1.64. The first-order valence-electron chi connectivity index (χ1n) is 8.59. The largest absolute Gasteiger partial charge is 0.497 e. The van der Waals surface area contributed by atoms with Crippen molar-refractivity contribution in [1.29, 1.82) is 0 Å². The van der Waals surface area contributed by atoms with E-state index in [1.165, 1.54) is 0 Å². The molecule has 27 heavy (non-hydrogen) atoms. The van der Waals surface area contributed by atoms with Gasteiger partial charge in [-0.3, -0.25) is 4.79 Å². The molecule has 0 spiro atoms. The number of benzene rings is 2. The van der Waals surface area contributed by atoms with Gasteiger partial charge in [-0.2, -0.15) is 4.98 Å². The summed E-state index contributed by atoms with van der Waals surface area (Å²) in [5, 5.41) is 6.73. The molecular weight excluding hydrogens is 346 g/mol. The summed E-state index contributed by atoms with van der Waals surface area (Å²) in [6.07, 6.45) is 0. The summed E-state index contributed by atoms with van der Waals surface area (Å²) in [6.45, 7) is 4.55. The fraction of sp³-hybridized carbons (Fsp3) is 0.250. The highest BCUT2D eigenvalue weighted by molar-refractivity contribution is 5.94. The molecule has 3 rings (SSSR count). The SMILES string of the molecule is CCOc1ccc(C(=O)NCc2nc(-c3cccc(OC)c3)no2)cc1C. The molecule has 0 aliphatic heterocycles. The van der Waals surface area contributed by atoms with Gasteiger partial charge >= 0.3 is 0 Å². The molecule has 0 unspecified atom stereocenters. The number of amides is 1. The highest BCUT2D eigenvalue weighted by Crippen LogP contribution is 2.21. The predicted molar refractivity (Wildman–Crippen MR) is 99.8 cm³/mol. The highest BCUT2D eigenvalue weighted by Gasteiger charge is 2.12. The van der Waals surface area contributed by atoms with Gasteiger partial charge in [-0.15, -0.1) is 0 Å². The lowest BCUT2D eigenvalue weighted by Gasteiger charge is -2.09. The number of nitrogens with zero attached hydrogens (tertiary/aromatic N) is 2. The number of methoxy groups -OCH3 is 1. The fourth-order valence-electron chi connectivity index (χ4n) is 2.57. The molecule has 7 heteroatoms. The van der Waals surface area contributed by atoms with E-state index in [0.717, 1.165) is 16.9 Å². The molecule has 2 aromatic carbocycles. The minimum Gasteiger partial charge on any atom is -0.497 e. The number of rotatable bonds is 7. The standard InChI is InChI=1S/C20H21N3O4/c1-4-26-17-9-8-15(10-13(17)2)20(24)21-12-18-22-19(23-27-18)14-6-5-7-16(11-14)25-3/h5-11H,4,12H2,1-3H3,(H,21,24). The number of nitrogens with one attached hydrogen (secondary N) is 1. The summed E-state index contributed by atoms with van der Waals surface area (Å²) in [6, 6.07) is 12.7. The van der Waals surface area contributed by atoms with Crippen molar-refractivity contribution in [3.8, 4) is 22.9 Å². The Hall–Kier alpha value is -3.35. The maximum absolute atomic E-state index is 12.3. The normalized spacial score (nSPS) is 10.5.